The second-order valence-electron chi connectivity index (χ2n) is 3.75. The maximum Gasteiger partial charge on any atom is 0.0348 e. The third kappa shape index (κ3) is 1.60. The first-order chi connectivity index (χ1) is 6.68. The van der Waals surface area contributed by atoms with E-state index in [1.807, 2.05) is 11.3 Å². The lowest BCUT2D eigenvalue weighted by Gasteiger charge is -2.09. The summed E-state index contributed by atoms with van der Waals surface area (Å²) in [6, 6.07) is 8.80. The molecular formula is C13H14S. The lowest BCUT2D eigenvalue weighted by atomic mass is 9.99. The molecule has 0 bridgehead atoms. The minimum absolute atomic E-state index is 1.35. The smallest absolute Gasteiger partial charge is 0.0348 e. The highest BCUT2D eigenvalue weighted by atomic mass is 32.1. The molecule has 0 saturated heterocycles. The number of aryl methyl sites for hydroxylation is 3. The van der Waals surface area contributed by atoms with Crippen molar-refractivity contribution in [2.45, 2.75) is 20.8 Å². The molecule has 0 N–H and O–H groups in total. The fourth-order valence-corrected chi connectivity index (χ4v) is 2.89. The quantitative estimate of drug-likeness (QED) is 0.645. The van der Waals surface area contributed by atoms with Gasteiger partial charge < -0.3 is 0 Å². The second-order valence-corrected chi connectivity index (χ2v) is 4.70. The Kier molecular flexibility index (Phi) is 2.42. The van der Waals surface area contributed by atoms with E-state index in [0.29, 0.717) is 0 Å². The predicted octanol–water partition coefficient (Wildman–Crippen LogP) is 4.34. The molecule has 0 nitrogen and oxygen atoms in total. The van der Waals surface area contributed by atoms with E-state index in [1.165, 1.54) is 27.1 Å². The summed E-state index contributed by atoms with van der Waals surface area (Å²) in [5, 5.41) is 2.13. The molecule has 0 aliphatic heterocycles. The lowest BCUT2D eigenvalue weighted by molar-refractivity contribution is 1.33. The summed E-state index contributed by atoms with van der Waals surface area (Å²) in [6.07, 6.45) is 0. The lowest BCUT2D eigenvalue weighted by Crippen LogP contribution is -1.87. The maximum atomic E-state index is 2.25. The molecule has 0 spiro atoms. The molecule has 1 aromatic carbocycles. The van der Waals surface area contributed by atoms with Gasteiger partial charge in [-0.05, 0) is 48.9 Å². The van der Waals surface area contributed by atoms with Crippen LogP contribution in [-0.4, -0.2) is 0 Å². The van der Waals surface area contributed by atoms with Crippen LogP contribution in [0.3, 0.4) is 0 Å². The van der Waals surface area contributed by atoms with E-state index in [1.54, 1.807) is 0 Å². The van der Waals surface area contributed by atoms with Crippen molar-refractivity contribution in [1.29, 1.82) is 0 Å². The van der Waals surface area contributed by atoms with Crippen LogP contribution in [0.25, 0.3) is 10.4 Å². The van der Waals surface area contributed by atoms with Crippen LogP contribution < -0.4 is 0 Å². The molecule has 0 saturated carbocycles. The van der Waals surface area contributed by atoms with Gasteiger partial charge in [-0.15, -0.1) is 11.3 Å². The van der Waals surface area contributed by atoms with Gasteiger partial charge in [0, 0.05) is 4.88 Å². The first-order valence-electron chi connectivity index (χ1n) is 4.80. The van der Waals surface area contributed by atoms with E-state index >= 15 is 0 Å². The molecule has 14 heavy (non-hydrogen) atoms. The molecule has 72 valence electrons. The topological polar surface area (TPSA) is 0 Å². The third-order valence-corrected chi connectivity index (χ3v) is 3.33. The van der Waals surface area contributed by atoms with E-state index in [0.717, 1.165) is 0 Å². The molecule has 1 aromatic heterocycles. The van der Waals surface area contributed by atoms with Crippen molar-refractivity contribution in [3.63, 3.8) is 0 Å². The van der Waals surface area contributed by atoms with Gasteiger partial charge in [0.05, 0.1) is 0 Å². The summed E-state index contributed by atoms with van der Waals surface area (Å²) in [7, 11) is 0. The second kappa shape index (κ2) is 3.58. The first kappa shape index (κ1) is 9.47. The van der Waals surface area contributed by atoms with Gasteiger partial charge in [-0.2, -0.15) is 0 Å². The van der Waals surface area contributed by atoms with E-state index in [4.69, 9.17) is 0 Å². The van der Waals surface area contributed by atoms with Crippen molar-refractivity contribution in [3.05, 3.63) is 46.3 Å². The van der Waals surface area contributed by atoms with Crippen LogP contribution in [0.5, 0.6) is 0 Å². The molecule has 0 radical (unpaired) electrons. The molecular weight excluding hydrogens is 188 g/mol. The van der Waals surface area contributed by atoms with E-state index in [2.05, 4.69) is 50.4 Å². The van der Waals surface area contributed by atoms with Crippen molar-refractivity contribution in [2.75, 3.05) is 0 Å². The number of hydrogen-bond acceptors (Lipinski definition) is 1. The van der Waals surface area contributed by atoms with Crippen molar-refractivity contribution in [1.82, 2.24) is 0 Å². The van der Waals surface area contributed by atoms with Gasteiger partial charge in [-0.25, -0.2) is 0 Å². The van der Waals surface area contributed by atoms with Crippen LogP contribution in [0.4, 0.5) is 0 Å². The summed E-state index contributed by atoms with van der Waals surface area (Å²) in [5.74, 6) is 0. The van der Waals surface area contributed by atoms with Crippen LogP contribution in [0.1, 0.15) is 16.7 Å². The van der Waals surface area contributed by atoms with Gasteiger partial charge in [0.15, 0.2) is 0 Å². The van der Waals surface area contributed by atoms with Crippen molar-refractivity contribution < 1.29 is 0 Å². The highest BCUT2D eigenvalue weighted by Gasteiger charge is 2.06. The van der Waals surface area contributed by atoms with E-state index in [-0.39, 0.29) is 0 Å². The van der Waals surface area contributed by atoms with Crippen molar-refractivity contribution >= 4 is 11.3 Å². The Balaban J connectivity index is 2.64. The molecule has 0 fully saturated rings. The highest BCUT2D eigenvalue weighted by molar-refractivity contribution is 7.13. The Bertz CT molecular complexity index is 415. The Morgan fingerprint density at radius 3 is 2.14 bits per heavy atom. The van der Waals surface area contributed by atoms with Crippen LogP contribution in [0.15, 0.2) is 29.6 Å². The molecule has 0 unspecified atom stereocenters. The average molecular weight is 202 g/mol. The van der Waals surface area contributed by atoms with Gasteiger partial charge in [-0.3, -0.25) is 0 Å². The van der Waals surface area contributed by atoms with Gasteiger partial charge in [0.25, 0.3) is 0 Å². The average Bonchev–Trinajstić information content (AvgIpc) is 2.54. The van der Waals surface area contributed by atoms with Crippen LogP contribution in [-0.2, 0) is 0 Å². The molecule has 2 rings (SSSR count). The summed E-state index contributed by atoms with van der Waals surface area (Å²) >= 11 is 1.81. The minimum atomic E-state index is 1.35. The fraction of sp³-hybridized carbons (Fsp3) is 0.231. The van der Waals surface area contributed by atoms with Gasteiger partial charge in [0.2, 0.25) is 0 Å². The largest absolute Gasteiger partial charge is 0.144 e. The molecule has 1 heterocycles. The van der Waals surface area contributed by atoms with Crippen LogP contribution in [0.2, 0.25) is 0 Å². The maximum absolute atomic E-state index is 2.25. The zero-order valence-electron chi connectivity index (χ0n) is 8.79. The molecule has 1 heteroatoms. The molecule has 0 amide bonds. The monoisotopic (exact) mass is 202 g/mol. The number of thiophene rings is 1. The van der Waals surface area contributed by atoms with Gasteiger partial charge in [0.1, 0.15) is 0 Å². The SMILES string of the molecule is Cc1cc(C)c(-c2cccs2)c(C)c1. The number of benzene rings is 1. The number of rotatable bonds is 1. The van der Waals surface area contributed by atoms with Gasteiger partial charge in [-0.1, -0.05) is 23.8 Å². The minimum Gasteiger partial charge on any atom is -0.144 e. The van der Waals surface area contributed by atoms with Crippen LogP contribution in [0, 0.1) is 20.8 Å². The summed E-state index contributed by atoms with van der Waals surface area (Å²) in [4.78, 5) is 1.38. The summed E-state index contributed by atoms with van der Waals surface area (Å²) in [6.45, 7) is 6.53. The zero-order chi connectivity index (χ0) is 10.1. The van der Waals surface area contributed by atoms with Crippen molar-refractivity contribution in [2.24, 2.45) is 0 Å². The predicted molar refractivity (Wildman–Crippen MR) is 64.0 cm³/mol. The standard InChI is InChI=1S/C13H14S/c1-9-7-10(2)13(11(3)8-9)12-5-4-6-14-12/h4-8H,1-3H3. The molecule has 0 atom stereocenters. The third-order valence-electron chi connectivity index (χ3n) is 2.44. The van der Waals surface area contributed by atoms with E-state index in [9.17, 15) is 0 Å². The fourth-order valence-electron chi connectivity index (χ4n) is 1.99. The number of hydrogen-bond donors (Lipinski definition) is 0. The van der Waals surface area contributed by atoms with Crippen molar-refractivity contribution in [3.8, 4) is 10.4 Å². The van der Waals surface area contributed by atoms with Gasteiger partial charge >= 0.3 is 0 Å². The molecule has 2 aromatic rings. The summed E-state index contributed by atoms with van der Waals surface area (Å²) < 4.78 is 0. The summed E-state index contributed by atoms with van der Waals surface area (Å²) in [5.41, 5.74) is 5.51. The normalized spacial score (nSPS) is 10.5. The molecule has 0 aliphatic carbocycles. The van der Waals surface area contributed by atoms with Crippen LogP contribution >= 0.6 is 11.3 Å². The first-order valence-corrected chi connectivity index (χ1v) is 5.68. The Hall–Kier alpha value is -1.08. The Morgan fingerprint density at radius 2 is 1.64 bits per heavy atom. The highest BCUT2D eigenvalue weighted by Crippen LogP contribution is 2.31. The Labute approximate surface area is 89.2 Å². The van der Waals surface area contributed by atoms with E-state index < -0.39 is 0 Å². The zero-order valence-corrected chi connectivity index (χ0v) is 9.61. The molecule has 0 aliphatic rings. The Morgan fingerprint density at radius 1 is 1.00 bits per heavy atom.